The molecule has 0 radical (unpaired) electrons. The molecule has 1 aromatic heterocycles. The minimum Gasteiger partial charge on any atom is -0.490 e. The Morgan fingerprint density at radius 1 is 1.32 bits per heavy atom. The number of hydrogen-bond acceptors (Lipinski definition) is 3. The Kier molecular flexibility index (Phi) is 5.38. The Balaban J connectivity index is 1.84. The van der Waals surface area contributed by atoms with Crippen molar-refractivity contribution in [2.45, 2.75) is 64.2 Å². The number of aryl methyl sites for hydroxylation is 1. The van der Waals surface area contributed by atoms with Crippen LogP contribution in [-0.4, -0.2) is 28.0 Å². The van der Waals surface area contributed by atoms with Crippen molar-refractivity contribution in [3.8, 4) is 5.75 Å². The summed E-state index contributed by atoms with van der Waals surface area (Å²) in [5, 5.41) is 0. The Morgan fingerprint density at radius 3 is 2.54 bits per heavy atom. The molecule has 1 fully saturated rings. The average Bonchev–Trinajstić information content (AvgIpc) is 2.94. The highest BCUT2D eigenvalue weighted by atomic mass is 19.3. The standard InChI is InChI=1S/C21H29F2N3O2/c1-20(2,3)19-25-16-15(26(19)4)6-5-14(18(24)27)17(16)28-12-9-13-7-10-21(22,23)11-8-13/h5-6,13H,7-12H2,1-4H3,(H2,24,27). The van der Waals surface area contributed by atoms with Gasteiger partial charge >= 0.3 is 0 Å². The highest BCUT2D eigenvalue weighted by Crippen LogP contribution is 2.38. The Labute approximate surface area is 164 Å². The highest BCUT2D eigenvalue weighted by Gasteiger charge is 2.34. The molecular formula is C21H29F2N3O2. The topological polar surface area (TPSA) is 70.1 Å². The molecular weight excluding hydrogens is 364 g/mol. The summed E-state index contributed by atoms with van der Waals surface area (Å²) in [4.78, 5) is 16.7. The molecule has 1 aromatic carbocycles. The summed E-state index contributed by atoms with van der Waals surface area (Å²) in [5.74, 6) is -1.62. The van der Waals surface area contributed by atoms with Crippen LogP contribution in [0.5, 0.6) is 5.75 Å². The fourth-order valence-corrected chi connectivity index (χ4v) is 3.96. The van der Waals surface area contributed by atoms with E-state index in [1.807, 2.05) is 17.7 Å². The van der Waals surface area contributed by atoms with Crippen LogP contribution < -0.4 is 10.5 Å². The Morgan fingerprint density at radius 2 is 1.96 bits per heavy atom. The van der Waals surface area contributed by atoms with Crippen LogP contribution in [0.1, 0.15) is 69.1 Å². The molecule has 3 rings (SSSR count). The second kappa shape index (κ2) is 7.33. The lowest BCUT2D eigenvalue weighted by atomic mass is 9.85. The summed E-state index contributed by atoms with van der Waals surface area (Å²) >= 11 is 0. The molecule has 1 amide bonds. The van der Waals surface area contributed by atoms with Gasteiger partial charge in [-0.15, -0.1) is 0 Å². The maximum Gasteiger partial charge on any atom is 0.252 e. The van der Waals surface area contributed by atoms with Gasteiger partial charge in [0.05, 0.1) is 17.7 Å². The van der Waals surface area contributed by atoms with E-state index in [0.717, 1.165) is 11.3 Å². The van der Waals surface area contributed by atoms with Crippen molar-refractivity contribution in [1.29, 1.82) is 0 Å². The van der Waals surface area contributed by atoms with Crippen LogP contribution in [0.2, 0.25) is 0 Å². The van der Waals surface area contributed by atoms with E-state index in [9.17, 15) is 13.6 Å². The fraction of sp³-hybridized carbons (Fsp3) is 0.619. The van der Waals surface area contributed by atoms with Crippen LogP contribution in [0.25, 0.3) is 11.0 Å². The van der Waals surface area contributed by atoms with Gasteiger partial charge in [-0.25, -0.2) is 13.8 Å². The first-order valence-corrected chi connectivity index (χ1v) is 9.80. The number of amides is 1. The third-order valence-corrected chi connectivity index (χ3v) is 5.55. The van der Waals surface area contributed by atoms with E-state index >= 15 is 0 Å². The van der Waals surface area contributed by atoms with Gasteiger partial charge in [0, 0.05) is 25.3 Å². The van der Waals surface area contributed by atoms with Gasteiger partial charge in [0.1, 0.15) is 11.3 Å². The quantitative estimate of drug-likeness (QED) is 0.809. The van der Waals surface area contributed by atoms with E-state index in [-0.39, 0.29) is 24.2 Å². The molecule has 0 unspecified atom stereocenters. The van der Waals surface area contributed by atoms with Gasteiger partial charge in [0.2, 0.25) is 5.92 Å². The SMILES string of the molecule is Cn1c(C(C)(C)C)nc2c(OCCC3CCC(F)(F)CC3)c(C(N)=O)ccc21. The molecule has 2 N–H and O–H groups in total. The van der Waals surface area contributed by atoms with Crippen molar-refractivity contribution in [3.05, 3.63) is 23.5 Å². The van der Waals surface area contributed by atoms with Gasteiger partial charge in [-0.1, -0.05) is 20.8 Å². The number of nitrogens with zero attached hydrogens (tertiary/aromatic N) is 2. The lowest BCUT2D eigenvalue weighted by Crippen LogP contribution is -2.25. The summed E-state index contributed by atoms with van der Waals surface area (Å²) in [6.07, 6.45) is 1.55. The monoisotopic (exact) mass is 393 g/mol. The number of primary amides is 1. The zero-order valence-corrected chi connectivity index (χ0v) is 17.0. The average molecular weight is 393 g/mol. The minimum atomic E-state index is -2.53. The lowest BCUT2D eigenvalue weighted by Gasteiger charge is -2.28. The van der Waals surface area contributed by atoms with Crippen molar-refractivity contribution in [2.75, 3.05) is 6.61 Å². The van der Waals surface area contributed by atoms with E-state index in [4.69, 9.17) is 15.5 Å². The zero-order valence-electron chi connectivity index (χ0n) is 17.0. The number of ether oxygens (including phenoxy) is 1. The maximum absolute atomic E-state index is 13.3. The lowest BCUT2D eigenvalue weighted by molar-refractivity contribution is -0.0474. The number of hydrogen-bond donors (Lipinski definition) is 1. The van der Waals surface area contributed by atoms with Crippen LogP contribution in [0.4, 0.5) is 8.78 Å². The first-order chi connectivity index (χ1) is 13.0. The molecule has 0 spiro atoms. The van der Waals surface area contributed by atoms with E-state index in [1.54, 1.807) is 6.07 Å². The molecule has 0 saturated heterocycles. The Bertz CT molecular complexity index is 874. The van der Waals surface area contributed by atoms with Gasteiger partial charge < -0.3 is 15.0 Å². The maximum atomic E-state index is 13.3. The molecule has 28 heavy (non-hydrogen) atoms. The first-order valence-electron chi connectivity index (χ1n) is 9.80. The number of carbonyl (C=O) groups excluding carboxylic acids is 1. The zero-order chi connectivity index (χ0) is 20.7. The summed E-state index contributed by atoms with van der Waals surface area (Å²) in [7, 11) is 1.94. The van der Waals surface area contributed by atoms with Crippen LogP contribution in [0, 0.1) is 5.92 Å². The normalized spacial score (nSPS) is 17.8. The summed E-state index contributed by atoms with van der Waals surface area (Å²) in [6, 6.07) is 3.49. The van der Waals surface area contributed by atoms with E-state index in [2.05, 4.69) is 20.8 Å². The molecule has 1 aliphatic rings. The summed E-state index contributed by atoms with van der Waals surface area (Å²) in [6.45, 7) is 6.56. The van der Waals surface area contributed by atoms with Crippen LogP contribution in [0.3, 0.4) is 0 Å². The molecule has 1 heterocycles. The predicted molar refractivity (Wildman–Crippen MR) is 105 cm³/mol. The summed E-state index contributed by atoms with van der Waals surface area (Å²) < 4.78 is 34.6. The largest absolute Gasteiger partial charge is 0.490 e. The van der Waals surface area contributed by atoms with Crippen LogP contribution >= 0.6 is 0 Å². The minimum absolute atomic E-state index is 0.0605. The molecule has 0 bridgehead atoms. The van der Waals surface area contributed by atoms with Gasteiger partial charge in [-0.3, -0.25) is 4.79 Å². The number of benzene rings is 1. The number of carbonyl (C=O) groups is 1. The van der Waals surface area contributed by atoms with E-state index in [1.165, 1.54) is 0 Å². The molecule has 1 aliphatic carbocycles. The van der Waals surface area contributed by atoms with Gasteiger partial charge in [0.15, 0.2) is 5.75 Å². The third-order valence-electron chi connectivity index (χ3n) is 5.55. The smallest absolute Gasteiger partial charge is 0.252 e. The number of imidazole rings is 1. The third kappa shape index (κ3) is 4.13. The van der Waals surface area contributed by atoms with Crippen molar-refractivity contribution in [3.63, 3.8) is 0 Å². The summed E-state index contributed by atoms with van der Waals surface area (Å²) in [5.41, 5.74) is 7.13. The molecule has 1 saturated carbocycles. The predicted octanol–water partition coefficient (Wildman–Crippen LogP) is 4.56. The molecule has 154 valence electrons. The van der Waals surface area contributed by atoms with Gasteiger partial charge in [0.25, 0.3) is 5.91 Å². The van der Waals surface area contributed by atoms with E-state index < -0.39 is 11.8 Å². The number of halogens is 2. The number of aromatic nitrogens is 2. The van der Waals surface area contributed by atoms with Gasteiger partial charge in [-0.05, 0) is 37.3 Å². The number of rotatable bonds is 5. The molecule has 2 aromatic rings. The fourth-order valence-electron chi connectivity index (χ4n) is 3.96. The number of fused-ring (bicyclic) bond motifs is 1. The molecule has 0 atom stereocenters. The van der Waals surface area contributed by atoms with Crippen LogP contribution in [0.15, 0.2) is 12.1 Å². The van der Waals surface area contributed by atoms with E-state index in [0.29, 0.717) is 42.7 Å². The Hall–Kier alpha value is -2.18. The molecule has 0 aliphatic heterocycles. The van der Waals surface area contributed by atoms with Crippen molar-refractivity contribution >= 4 is 16.9 Å². The first kappa shape index (κ1) is 20.6. The second-order valence-corrected chi connectivity index (χ2v) is 8.86. The van der Waals surface area contributed by atoms with Crippen molar-refractivity contribution < 1.29 is 18.3 Å². The van der Waals surface area contributed by atoms with Crippen molar-refractivity contribution in [1.82, 2.24) is 9.55 Å². The number of nitrogens with two attached hydrogens (primary N) is 1. The highest BCUT2D eigenvalue weighted by molar-refractivity contribution is 6.01. The molecule has 7 heteroatoms. The second-order valence-electron chi connectivity index (χ2n) is 8.86. The van der Waals surface area contributed by atoms with Gasteiger partial charge in [-0.2, -0.15) is 0 Å². The van der Waals surface area contributed by atoms with Crippen molar-refractivity contribution in [2.24, 2.45) is 18.7 Å². The van der Waals surface area contributed by atoms with Crippen LogP contribution in [-0.2, 0) is 12.5 Å². The number of alkyl halides is 2. The molecule has 5 nitrogen and oxygen atoms in total.